The van der Waals surface area contributed by atoms with Gasteiger partial charge in [-0.2, -0.15) is 0 Å². The maximum Gasteiger partial charge on any atom is 0.213 e. The van der Waals surface area contributed by atoms with Crippen LogP contribution in [0.3, 0.4) is 0 Å². The third-order valence-corrected chi connectivity index (χ3v) is 3.37. The number of aromatic nitrogens is 5. The number of nitrogens with zero attached hydrogens (tertiary/aromatic N) is 5. The third-order valence-electron chi connectivity index (χ3n) is 2.38. The van der Waals surface area contributed by atoms with Crippen LogP contribution in [0.1, 0.15) is 19.5 Å². The van der Waals surface area contributed by atoms with Crippen LogP contribution >= 0.6 is 11.8 Å². The summed E-state index contributed by atoms with van der Waals surface area (Å²) in [6, 6.07) is 5.72. The van der Waals surface area contributed by atoms with Crippen molar-refractivity contribution in [2.45, 2.75) is 31.3 Å². The Morgan fingerprint density at radius 2 is 2.21 bits per heavy atom. The molecule has 0 aliphatic heterocycles. The quantitative estimate of drug-likeness (QED) is 0.754. The van der Waals surface area contributed by atoms with Crippen molar-refractivity contribution in [2.75, 3.05) is 7.11 Å². The van der Waals surface area contributed by atoms with Crippen LogP contribution in [-0.2, 0) is 12.3 Å². The van der Waals surface area contributed by atoms with Crippen molar-refractivity contribution in [3.63, 3.8) is 0 Å². The third kappa shape index (κ3) is 3.92. The van der Waals surface area contributed by atoms with Crippen LogP contribution in [0, 0.1) is 5.92 Å². The molecule has 0 saturated carbocycles. The lowest BCUT2D eigenvalue weighted by Gasteiger charge is -2.06. The van der Waals surface area contributed by atoms with E-state index in [1.165, 1.54) is 0 Å². The fourth-order valence-electron chi connectivity index (χ4n) is 1.55. The molecule has 0 spiro atoms. The molecule has 0 aromatic carbocycles. The molecule has 0 atom stereocenters. The lowest BCUT2D eigenvalue weighted by molar-refractivity contribution is 0.397. The molecule has 0 N–H and O–H groups in total. The number of methoxy groups -OCH3 is 1. The van der Waals surface area contributed by atoms with Crippen molar-refractivity contribution in [1.29, 1.82) is 0 Å². The van der Waals surface area contributed by atoms with Gasteiger partial charge in [0.05, 0.1) is 12.8 Å². The summed E-state index contributed by atoms with van der Waals surface area (Å²) in [4.78, 5) is 4.36. The molecule has 7 heteroatoms. The van der Waals surface area contributed by atoms with E-state index in [9.17, 15) is 0 Å². The Balaban J connectivity index is 2.00. The topological polar surface area (TPSA) is 65.7 Å². The summed E-state index contributed by atoms with van der Waals surface area (Å²) in [5, 5.41) is 12.6. The molecule has 0 unspecified atom stereocenters. The normalized spacial score (nSPS) is 10.9. The molecule has 0 fully saturated rings. The van der Waals surface area contributed by atoms with E-state index >= 15 is 0 Å². The van der Waals surface area contributed by atoms with Crippen molar-refractivity contribution in [3.8, 4) is 5.88 Å². The van der Waals surface area contributed by atoms with Crippen molar-refractivity contribution in [3.05, 3.63) is 23.9 Å². The first-order chi connectivity index (χ1) is 9.19. The highest BCUT2D eigenvalue weighted by atomic mass is 32.2. The predicted molar refractivity (Wildman–Crippen MR) is 73.0 cm³/mol. The summed E-state index contributed by atoms with van der Waals surface area (Å²) in [5.74, 6) is 1.85. The van der Waals surface area contributed by atoms with Gasteiger partial charge in [-0.05, 0) is 22.4 Å². The molecule has 2 rings (SSSR count). The molecule has 0 amide bonds. The Morgan fingerprint density at radius 1 is 1.37 bits per heavy atom. The van der Waals surface area contributed by atoms with Gasteiger partial charge in [-0.25, -0.2) is 9.67 Å². The van der Waals surface area contributed by atoms with Gasteiger partial charge >= 0.3 is 0 Å². The highest BCUT2D eigenvalue weighted by Gasteiger charge is 2.09. The molecule has 0 saturated heterocycles. The van der Waals surface area contributed by atoms with Crippen molar-refractivity contribution >= 4 is 11.8 Å². The van der Waals surface area contributed by atoms with Crippen molar-refractivity contribution in [1.82, 2.24) is 25.2 Å². The number of hydrogen-bond acceptors (Lipinski definition) is 6. The molecule has 0 aliphatic rings. The van der Waals surface area contributed by atoms with E-state index < -0.39 is 0 Å². The lowest BCUT2D eigenvalue weighted by atomic mass is 10.2. The first-order valence-corrected chi connectivity index (χ1v) is 7.06. The van der Waals surface area contributed by atoms with Gasteiger partial charge in [0.2, 0.25) is 11.0 Å². The van der Waals surface area contributed by atoms with Gasteiger partial charge in [0.1, 0.15) is 0 Å². The minimum Gasteiger partial charge on any atom is -0.481 e. The molecule has 2 heterocycles. The van der Waals surface area contributed by atoms with E-state index in [0.717, 1.165) is 23.1 Å². The maximum absolute atomic E-state index is 5.10. The molecule has 2 aromatic heterocycles. The van der Waals surface area contributed by atoms with Crippen LogP contribution in [0.15, 0.2) is 23.4 Å². The fourth-order valence-corrected chi connectivity index (χ4v) is 2.34. The molecular weight excluding hydrogens is 262 g/mol. The average molecular weight is 279 g/mol. The lowest BCUT2D eigenvalue weighted by Crippen LogP contribution is -2.07. The van der Waals surface area contributed by atoms with Crippen LogP contribution < -0.4 is 4.74 Å². The minimum absolute atomic E-state index is 0.512. The highest BCUT2D eigenvalue weighted by molar-refractivity contribution is 7.98. The number of thioether (sulfide) groups is 1. The second kappa shape index (κ2) is 6.51. The zero-order valence-electron chi connectivity index (χ0n) is 11.3. The first kappa shape index (κ1) is 13.8. The molecule has 6 nitrogen and oxygen atoms in total. The summed E-state index contributed by atoms with van der Waals surface area (Å²) in [7, 11) is 1.61. The summed E-state index contributed by atoms with van der Waals surface area (Å²) < 4.78 is 6.93. The molecule has 2 aromatic rings. The number of pyridine rings is 1. The number of ether oxygens (including phenoxy) is 1. The van der Waals surface area contributed by atoms with E-state index in [4.69, 9.17) is 4.74 Å². The van der Waals surface area contributed by atoms with Gasteiger partial charge in [0.15, 0.2) is 0 Å². The smallest absolute Gasteiger partial charge is 0.213 e. The summed E-state index contributed by atoms with van der Waals surface area (Å²) >= 11 is 1.58. The Labute approximate surface area is 116 Å². The second-order valence-corrected chi connectivity index (χ2v) is 5.44. The van der Waals surface area contributed by atoms with Gasteiger partial charge in [-0.3, -0.25) is 0 Å². The summed E-state index contributed by atoms with van der Waals surface area (Å²) in [6.45, 7) is 5.10. The fraction of sp³-hybridized carbons (Fsp3) is 0.500. The Bertz CT molecular complexity index is 528. The largest absolute Gasteiger partial charge is 0.481 e. The van der Waals surface area contributed by atoms with Crippen LogP contribution in [0.5, 0.6) is 5.88 Å². The first-order valence-electron chi connectivity index (χ1n) is 6.08. The molecular formula is C12H17N5OS. The predicted octanol–water partition coefficient (Wildman–Crippen LogP) is 2.02. The molecule has 19 heavy (non-hydrogen) atoms. The molecule has 0 radical (unpaired) electrons. The SMILES string of the molecule is COc1cccc(CSc2nnnn2CC(C)C)n1. The number of tetrazole rings is 1. The molecule has 0 aliphatic carbocycles. The summed E-state index contributed by atoms with van der Waals surface area (Å²) in [5.41, 5.74) is 0.948. The second-order valence-electron chi connectivity index (χ2n) is 4.50. The highest BCUT2D eigenvalue weighted by Crippen LogP contribution is 2.20. The van der Waals surface area contributed by atoms with E-state index in [0.29, 0.717) is 11.8 Å². The number of rotatable bonds is 6. The van der Waals surface area contributed by atoms with Gasteiger partial charge in [-0.1, -0.05) is 31.7 Å². The van der Waals surface area contributed by atoms with E-state index in [1.54, 1.807) is 18.9 Å². The van der Waals surface area contributed by atoms with Gasteiger partial charge in [-0.15, -0.1) is 5.10 Å². The van der Waals surface area contributed by atoms with Crippen LogP contribution in [-0.4, -0.2) is 32.3 Å². The Morgan fingerprint density at radius 3 is 2.95 bits per heavy atom. The Kier molecular flexibility index (Phi) is 4.73. The number of hydrogen-bond donors (Lipinski definition) is 0. The van der Waals surface area contributed by atoms with E-state index in [1.807, 2.05) is 22.9 Å². The average Bonchev–Trinajstić information content (AvgIpc) is 2.83. The van der Waals surface area contributed by atoms with Crippen molar-refractivity contribution in [2.24, 2.45) is 5.92 Å². The van der Waals surface area contributed by atoms with Crippen LogP contribution in [0.2, 0.25) is 0 Å². The maximum atomic E-state index is 5.10. The monoisotopic (exact) mass is 279 g/mol. The van der Waals surface area contributed by atoms with Crippen LogP contribution in [0.4, 0.5) is 0 Å². The van der Waals surface area contributed by atoms with Gasteiger partial charge in [0, 0.05) is 18.4 Å². The van der Waals surface area contributed by atoms with E-state index in [2.05, 4.69) is 34.4 Å². The minimum atomic E-state index is 0.512. The molecule has 0 bridgehead atoms. The summed E-state index contributed by atoms with van der Waals surface area (Å²) in [6.07, 6.45) is 0. The zero-order chi connectivity index (χ0) is 13.7. The molecule has 102 valence electrons. The van der Waals surface area contributed by atoms with Crippen LogP contribution in [0.25, 0.3) is 0 Å². The standard InChI is InChI=1S/C12H17N5OS/c1-9(2)7-17-12(14-15-16-17)19-8-10-5-4-6-11(13-10)18-3/h4-6,9H,7-8H2,1-3H3. The van der Waals surface area contributed by atoms with Crippen molar-refractivity contribution < 1.29 is 4.74 Å². The Hall–Kier alpha value is -1.63. The zero-order valence-corrected chi connectivity index (χ0v) is 12.1. The van der Waals surface area contributed by atoms with E-state index in [-0.39, 0.29) is 0 Å². The van der Waals surface area contributed by atoms with Gasteiger partial charge < -0.3 is 4.74 Å². The van der Waals surface area contributed by atoms with Gasteiger partial charge in [0.25, 0.3) is 0 Å².